The molecule has 0 bridgehead atoms. The van der Waals surface area contributed by atoms with E-state index in [-0.39, 0.29) is 12.5 Å². The van der Waals surface area contributed by atoms with E-state index in [1.165, 1.54) is 0 Å². The highest BCUT2D eigenvalue weighted by Gasteiger charge is 2.32. The first-order valence-corrected chi connectivity index (χ1v) is 8.20. The predicted octanol–water partition coefficient (Wildman–Crippen LogP) is 3.06. The van der Waals surface area contributed by atoms with Gasteiger partial charge >= 0.3 is 0 Å². The maximum Gasteiger partial charge on any atom is 0.268 e. The van der Waals surface area contributed by atoms with Crippen molar-refractivity contribution in [3.05, 3.63) is 54.4 Å². The Morgan fingerprint density at radius 3 is 2.88 bits per heavy atom. The first kappa shape index (κ1) is 16.1. The molecule has 0 aliphatic carbocycles. The van der Waals surface area contributed by atoms with Crippen LogP contribution >= 0.6 is 0 Å². The molecule has 0 N–H and O–H groups in total. The van der Waals surface area contributed by atoms with Gasteiger partial charge in [-0.1, -0.05) is 29.4 Å². The quantitative estimate of drug-likeness (QED) is 0.719. The van der Waals surface area contributed by atoms with E-state index in [4.69, 9.17) is 14.0 Å². The summed E-state index contributed by atoms with van der Waals surface area (Å²) in [5.41, 5.74) is 1.47. The van der Waals surface area contributed by atoms with Crippen LogP contribution in [0.3, 0.4) is 0 Å². The number of carbonyl (C=O) groups excluding carboxylic acids is 1. The predicted molar refractivity (Wildman–Crippen MR) is 94.0 cm³/mol. The minimum atomic E-state index is -0.564. The number of benzene rings is 2. The van der Waals surface area contributed by atoms with Gasteiger partial charge in [0.1, 0.15) is 18.0 Å². The van der Waals surface area contributed by atoms with E-state index >= 15 is 0 Å². The van der Waals surface area contributed by atoms with Crippen LogP contribution in [0.1, 0.15) is 12.8 Å². The van der Waals surface area contributed by atoms with Crippen molar-refractivity contribution < 1.29 is 18.8 Å². The van der Waals surface area contributed by atoms with Crippen LogP contribution in [0, 0.1) is 0 Å². The Morgan fingerprint density at radius 2 is 2.04 bits per heavy atom. The highest BCUT2D eigenvalue weighted by atomic mass is 16.5. The molecule has 1 aliphatic heterocycles. The fourth-order valence-electron chi connectivity index (χ4n) is 2.86. The van der Waals surface area contributed by atoms with E-state index < -0.39 is 6.10 Å². The monoisotopic (exact) mass is 351 g/mol. The third kappa shape index (κ3) is 2.88. The molecule has 2 heterocycles. The molecule has 4 rings (SSSR count). The third-order valence-corrected chi connectivity index (χ3v) is 4.16. The van der Waals surface area contributed by atoms with Gasteiger partial charge in [0.25, 0.3) is 5.91 Å². The average Bonchev–Trinajstić information content (AvgIpc) is 3.14. The largest absolute Gasteiger partial charge is 0.497 e. The molecule has 7 nitrogen and oxygen atoms in total. The molecule has 1 amide bonds. The summed E-state index contributed by atoms with van der Waals surface area (Å²) in [6, 6.07) is 14.8. The van der Waals surface area contributed by atoms with Gasteiger partial charge < -0.3 is 14.0 Å². The molecule has 0 radical (unpaired) electrons. The molecule has 1 aromatic heterocycles. The molecule has 26 heavy (non-hydrogen) atoms. The lowest BCUT2D eigenvalue weighted by molar-refractivity contribution is -0.125. The molecule has 1 aliphatic rings. The molecule has 1 atom stereocenters. The van der Waals surface area contributed by atoms with Crippen molar-refractivity contribution in [3.63, 3.8) is 0 Å². The lowest BCUT2D eigenvalue weighted by Crippen LogP contribution is -2.44. The van der Waals surface area contributed by atoms with Gasteiger partial charge in [0.15, 0.2) is 6.10 Å². The van der Waals surface area contributed by atoms with Crippen LogP contribution in [0.4, 0.5) is 5.69 Å². The molecule has 132 valence electrons. The molecule has 0 unspecified atom stereocenters. The Labute approximate surface area is 150 Å². The number of rotatable bonds is 4. The number of ether oxygens (including phenoxy) is 2. The van der Waals surface area contributed by atoms with Gasteiger partial charge in [-0.3, -0.25) is 9.69 Å². The van der Waals surface area contributed by atoms with E-state index in [1.807, 2.05) is 48.5 Å². The SMILES string of the molecule is COc1cccc(-c2noc(CN3C(=O)[C@H](C)Oc4ccccc43)n2)c1. The first-order chi connectivity index (χ1) is 12.7. The van der Waals surface area contributed by atoms with E-state index in [0.717, 1.165) is 5.56 Å². The number of para-hydroxylation sites is 2. The smallest absolute Gasteiger partial charge is 0.268 e. The van der Waals surface area contributed by atoms with Crippen molar-refractivity contribution in [2.75, 3.05) is 12.0 Å². The molecule has 0 saturated carbocycles. The lowest BCUT2D eigenvalue weighted by Gasteiger charge is -2.31. The minimum Gasteiger partial charge on any atom is -0.497 e. The van der Waals surface area contributed by atoms with E-state index in [0.29, 0.717) is 28.9 Å². The fourth-order valence-corrected chi connectivity index (χ4v) is 2.86. The maximum atomic E-state index is 12.5. The summed E-state index contributed by atoms with van der Waals surface area (Å²) >= 11 is 0. The average molecular weight is 351 g/mol. The van der Waals surface area contributed by atoms with Crippen LogP contribution in [-0.4, -0.2) is 29.3 Å². The second-order valence-corrected chi connectivity index (χ2v) is 5.90. The number of carbonyl (C=O) groups is 1. The van der Waals surface area contributed by atoms with Crippen molar-refractivity contribution in [1.82, 2.24) is 10.1 Å². The Bertz CT molecular complexity index is 953. The maximum absolute atomic E-state index is 12.5. The van der Waals surface area contributed by atoms with E-state index in [9.17, 15) is 4.79 Å². The third-order valence-electron chi connectivity index (χ3n) is 4.16. The number of anilines is 1. The number of aromatic nitrogens is 2. The summed E-state index contributed by atoms with van der Waals surface area (Å²) < 4.78 is 16.2. The number of hydrogen-bond donors (Lipinski definition) is 0. The number of methoxy groups -OCH3 is 1. The summed E-state index contributed by atoms with van der Waals surface area (Å²) in [5.74, 6) is 2.01. The number of nitrogens with zero attached hydrogens (tertiary/aromatic N) is 3. The van der Waals surface area contributed by atoms with Crippen molar-refractivity contribution in [2.45, 2.75) is 19.6 Å². The topological polar surface area (TPSA) is 77.7 Å². The van der Waals surface area contributed by atoms with Gasteiger partial charge in [-0.05, 0) is 31.2 Å². The number of fused-ring (bicyclic) bond motifs is 1. The summed E-state index contributed by atoms with van der Waals surface area (Å²) in [7, 11) is 1.60. The van der Waals surface area contributed by atoms with Crippen molar-refractivity contribution >= 4 is 11.6 Å². The van der Waals surface area contributed by atoms with E-state index in [1.54, 1.807) is 18.9 Å². The van der Waals surface area contributed by atoms with Crippen LogP contribution in [0.2, 0.25) is 0 Å². The second kappa shape index (κ2) is 6.51. The van der Waals surface area contributed by atoms with Gasteiger partial charge in [0.2, 0.25) is 11.7 Å². The summed E-state index contributed by atoms with van der Waals surface area (Å²) in [6.45, 7) is 1.90. The van der Waals surface area contributed by atoms with Crippen molar-refractivity contribution in [3.8, 4) is 22.9 Å². The van der Waals surface area contributed by atoms with Crippen LogP contribution < -0.4 is 14.4 Å². The van der Waals surface area contributed by atoms with Crippen LogP contribution in [-0.2, 0) is 11.3 Å². The van der Waals surface area contributed by atoms with Crippen LogP contribution in [0.5, 0.6) is 11.5 Å². The first-order valence-electron chi connectivity index (χ1n) is 8.20. The second-order valence-electron chi connectivity index (χ2n) is 5.90. The summed E-state index contributed by atoms with van der Waals surface area (Å²) in [5, 5.41) is 4.02. The van der Waals surface area contributed by atoms with Gasteiger partial charge in [0, 0.05) is 5.56 Å². The van der Waals surface area contributed by atoms with E-state index in [2.05, 4.69) is 10.1 Å². The summed E-state index contributed by atoms with van der Waals surface area (Å²) in [4.78, 5) is 18.6. The van der Waals surface area contributed by atoms with Crippen LogP contribution in [0.25, 0.3) is 11.4 Å². The lowest BCUT2D eigenvalue weighted by atomic mass is 10.2. The van der Waals surface area contributed by atoms with Gasteiger partial charge in [0.05, 0.1) is 12.8 Å². The molecule has 7 heteroatoms. The standard InChI is InChI=1S/C19H17N3O4/c1-12-19(23)22(15-8-3-4-9-16(15)25-12)11-17-20-18(21-26-17)13-6-5-7-14(10-13)24-2/h3-10,12H,11H2,1-2H3/t12-/m0/s1. The number of amides is 1. The highest BCUT2D eigenvalue weighted by Crippen LogP contribution is 2.34. The molecular weight excluding hydrogens is 334 g/mol. The fraction of sp³-hybridized carbons (Fsp3) is 0.211. The molecule has 0 spiro atoms. The molecule has 3 aromatic rings. The molecular formula is C19H17N3O4. The van der Waals surface area contributed by atoms with Crippen LogP contribution in [0.15, 0.2) is 53.1 Å². The highest BCUT2D eigenvalue weighted by molar-refractivity contribution is 5.99. The Hall–Kier alpha value is -3.35. The normalized spacial score (nSPS) is 16.2. The van der Waals surface area contributed by atoms with Crippen molar-refractivity contribution in [2.24, 2.45) is 0 Å². The summed E-state index contributed by atoms with van der Waals surface area (Å²) in [6.07, 6.45) is -0.564. The zero-order valence-corrected chi connectivity index (χ0v) is 14.4. The zero-order chi connectivity index (χ0) is 18.1. The van der Waals surface area contributed by atoms with Gasteiger partial charge in [-0.25, -0.2) is 0 Å². The Morgan fingerprint density at radius 1 is 1.19 bits per heavy atom. The van der Waals surface area contributed by atoms with Gasteiger partial charge in [-0.15, -0.1) is 0 Å². The van der Waals surface area contributed by atoms with Gasteiger partial charge in [-0.2, -0.15) is 4.98 Å². The zero-order valence-electron chi connectivity index (χ0n) is 14.4. The molecule has 0 saturated heterocycles. The number of hydrogen-bond acceptors (Lipinski definition) is 6. The van der Waals surface area contributed by atoms with Crippen molar-refractivity contribution in [1.29, 1.82) is 0 Å². The Kier molecular flexibility index (Phi) is 4.04. The molecule has 2 aromatic carbocycles. The minimum absolute atomic E-state index is 0.148. The molecule has 0 fully saturated rings. The Balaban J connectivity index is 1.62.